The number of anilines is 1. The highest BCUT2D eigenvalue weighted by Gasteiger charge is 2.13. The van der Waals surface area contributed by atoms with Gasteiger partial charge >= 0.3 is 0 Å². The number of rotatable bonds is 8. The van der Waals surface area contributed by atoms with E-state index in [9.17, 15) is 9.59 Å². The maximum Gasteiger partial charge on any atom is 0.262 e. The minimum atomic E-state index is -0.424. The van der Waals surface area contributed by atoms with Gasteiger partial charge in [0.1, 0.15) is 11.8 Å². The molecule has 0 bridgehead atoms. The first-order valence-corrected chi connectivity index (χ1v) is 9.50. The molecular formula is C24H21N3O3. The van der Waals surface area contributed by atoms with E-state index < -0.39 is 5.91 Å². The number of hydrogen-bond acceptors (Lipinski definition) is 4. The fraction of sp³-hybridized carbons (Fsp3) is 0.125. The lowest BCUT2D eigenvalue weighted by atomic mass is 10.1. The summed E-state index contributed by atoms with van der Waals surface area (Å²) in [7, 11) is 0. The maximum absolute atomic E-state index is 12.6. The van der Waals surface area contributed by atoms with E-state index in [4.69, 9.17) is 10.00 Å². The van der Waals surface area contributed by atoms with Crippen LogP contribution in [-0.4, -0.2) is 25.0 Å². The zero-order valence-electron chi connectivity index (χ0n) is 16.3. The summed E-state index contributed by atoms with van der Waals surface area (Å²) >= 11 is 0. The molecule has 150 valence electrons. The molecule has 0 aliphatic rings. The van der Waals surface area contributed by atoms with E-state index >= 15 is 0 Å². The molecule has 3 rings (SSSR count). The average molecular weight is 399 g/mol. The van der Waals surface area contributed by atoms with Crippen LogP contribution in [0.1, 0.15) is 21.5 Å². The molecule has 6 nitrogen and oxygen atoms in total. The summed E-state index contributed by atoms with van der Waals surface area (Å²) in [5, 5.41) is 14.7. The van der Waals surface area contributed by atoms with Crippen molar-refractivity contribution in [2.45, 2.75) is 6.42 Å². The Bertz CT molecular complexity index is 1060. The highest BCUT2D eigenvalue weighted by Crippen LogP contribution is 2.18. The van der Waals surface area contributed by atoms with Crippen LogP contribution in [0.3, 0.4) is 0 Å². The molecule has 2 N–H and O–H groups in total. The van der Waals surface area contributed by atoms with Crippen molar-refractivity contribution in [1.82, 2.24) is 5.32 Å². The third-order valence-corrected chi connectivity index (χ3v) is 4.35. The van der Waals surface area contributed by atoms with E-state index in [1.165, 1.54) is 0 Å². The van der Waals surface area contributed by atoms with Crippen molar-refractivity contribution in [3.05, 3.63) is 95.6 Å². The lowest BCUT2D eigenvalue weighted by Crippen LogP contribution is -2.28. The van der Waals surface area contributed by atoms with E-state index in [-0.39, 0.29) is 12.5 Å². The molecular weight excluding hydrogens is 378 g/mol. The van der Waals surface area contributed by atoms with Gasteiger partial charge < -0.3 is 15.4 Å². The fourth-order valence-corrected chi connectivity index (χ4v) is 2.86. The van der Waals surface area contributed by atoms with Crippen LogP contribution in [0.4, 0.5) is 5.69 Å². The van der Waals surface area contributed by atoms with Crippen LogP contribution in [0.25, 0.3) is 0 Å². The summed E-state index contributed by atoms with van der Waals surface area (Å²) in [5.41, 5.74) is 2.26. The molecule has 6 heteroatoms. The number of nitrogens with one attached hydrogen (secondary N) is 2. The Balaban J connectivity index is 1.57. The number of carbonyl (C=O) groups excluding carboxylic acids is 2. The molecule has 0 fully saturated rings. The van der Waals surface area contributed by atoms with Crippen molar-refractivity contribution in [2.24, 2.45) is 0 Å². The number of ether oxygens (including phenoxy) is 1. The number of para-hydroxylation sites is 2. The summed E-state index contributed by atoms with van der Waals surface area (Å²) in [6.07, 6.45) is 0.716. The Morgan fingerprint density at radius 3 is 2.40 bits per heavy atom. The van der Waals surface area contributed by atoms with Gasteiger partial charge in [0.2, 0.25) is 0 Å². The van der Waals surface area contributed by atoms with E-state index in [2.05, 4.69) is 10.6 Å². The SMILES string of the molecule is N#Cc1ccccc1OCC(=O)Nc1ccccc1C(=O)NCCc1ccccc1. The molecule has 2 amide bonds. The van der Waals surface area contributed by atoms with Crippen LogP contribution >= 0.6 is 0 Å². The van der Waals surface area contributed by atoms with Gasteiger partial charge in [0.05, 0.1) is 16.8 Å². The fourth-order valence-electron chi connectivity index (χ4n) is 2.86. The molecule has 0 atom stereocenters. The second-order valence-corrected chi connectivity index (χ2v) is 6.48. The van der Waals surface area contributed by atoms with Gasteiger partial charge in [-0.25, -0.2) is 0 Å². The van der Waals surface area contributed by atoms with Gasteiger partial charge in [0.15, 0.2) is 6.61 Å². The van der Waals surface area contributed by atoms with Crippen molar-refractivity contribution in [2.75, 3.05) is 18.5 Å². The molecule has 0 unspecified atom stereocenters. The van der Waals surface area contributed by atoms with Gasteiger partial charge in [-0.05, 0) is 36.2 Å². The van der Waals surface area contributed by atoms with Gasteiger partial charge in [0, 0.05) is 6.54 Å². The second-order valence-electron chi connectivity index (χ2n) is 6.48. The van der Waals surface area contributed by atoms with Gasteiger partial charge in [-0.3, -0.25) is 9.59 Å². The first-order valence-electron chi connectivity index (χ1n) is 9.50. The number of hydrogen-bond donors (Lipinski definition) is 2. The normalized spacial score (nSPS) is 9.97. The number of benzene rings is 3. The van der Waals surface area contributed by atoms with Crippen LogP contribution in [0.15, 0.2) is 78.9 Å². The van der Waals surface area contributed by atoms with Crippen molar-refractivity contribution in [3.63, 3.8) is 0 Å². The number of nitrogens with zero attached hydrogens (tertiary/aromatic N) is 1. The first-order chi connectivity index (χ1) is 14.7. The van der Waals surface area contributed by atoms with Crippen LogP contribution < -0.4 is 15.4 Å². The molecule has 3 aromatic rings. The molecule has 0 radical (unpaired) electrons. The largest absolute Gasteiger partial charge is 0.482 e. The molecule has 0 spiro atoms. The third-order valence-electron chi connectivity index (χ3n) is 4.35. The Labute approximate surface area is 175 Å². The average Bonchev–Trinajstić information content (AvgIpc) is 2.79. The molecule has 30 heavy (non-hydrogen) atoms. The van der Waals surface area contributed by atoms with E-state index in [1.54, 1.807) is 48.5 Å². The monoisotopic (exact) mass is 399 g/mol. The van der Waals surface area contributed by atoms with Crippen LogP contribution in [0, 0.1) is 11.3 Å². The predicted molar refractivity (Wildman–Crippen MR) is 114 cm³/mol. The molecule has 0 heterocycles. The van der Waals surface area contributed by atoms with E-state index in [0.29, 0.717) is 35.5 Å². The van der Waals surface area contributed by atoms with Gasteiger partial charge in [-0.2, -0.15) is 5.26 Å². The van der Waals surface area contributed by atoms with Gasteiger partial charge in [-0.1, -0.05) is 54.6 Å². The van der Waals surface area contributed by atoms with Crippen molar-refractivity contribution >= 4 is 17.5 Å². The van der Waals surface area contributed by atoms with Crippen molar-refractivity contribution < 1.29 is 14.3 Å². The highest BCUT2D eigenvalue weighted by atomic mass is 16.5. The van der Waals surface area contributed by atoms with Gasteiger partial charge in [-0.15, -0.1) is 0 Å². The summed E-state index contributed by atoms with van der Waals surface area (Å²) in [6, 6.07) is 25.4. The number of amides is 2. The molecule has 0 aromatic heterocycles. The van der Waals surface area contributed by atoms with Crippen LogP contribution in [0.2, 0.25) is 0 Å². The topological polar surface area (TPSA) is 91.2 Å². The third kappa shape index (κ3) is 5.69. The Kier molecular flexibility index (Phi) is 7.17. The van der Waals surface area contributed by atoms with E-state index in [0.717, 1.165) is 5.56 Å². The smallest absolute Gasteiger partial charge is 0.262 e. The lowest BCUT2D eigenvalue weighted by molar-refractivity contribution is -0.118. The highest BCUT2D eigenvalue weighted by molar-refractivity contribution is 6.04. The lowest BCUT2D eigenvalue weighted by Gasteiger charge is -2.12. The minimum Gasteiger partial charge on any atom is -0.482 e. The Hall–Kier alpha value is -4.11. The summed E-state index contributed by atoms with van der Waals surface area (Å²) in [6.45, 7) is 0.210. The maximum atomic E-state index is 12.6. The summed E-state index contributed by atoms with van der Waals surface area (Å²) in [5.74, 6) is -0.355. The van der Waals surface area contributed by atoms with Crippen molar-refractivity contribution in [3.8, 4) is 11.8 Å². The second kappa shape index (κ2) is 10.4. The predicted octanol–water partition coefficient (Wildman–Crippen LogP) is 3.55. The minimum absolute atomic E-state index is 0.266. The summed E-state index contributed by atoms with van der Waals surface area (Å²) < 4.78 is 5.44. The molecule has 0 aliphatic heterocycles. The number of carbonyl (C=O) groups is 2. The summed E-state index contributed by atoms with van der Waals surface area (Å²) in [4.78, 5) is 24.9. The zero-order valence-corrected chi connectivity index (χ0v) is 16.3. The molecule has 0 saturated carbocycles. The Morgan fingerprint density at radius 1 is 0.900 bits per heavy atom. The molecule has 0 saturated heterocycles. The van der Waals surface area contributed by atoms with E-state index in [1.807, 2.05) is 36.4 Å². The van der Waals surface area contributed by atoms with Crippen molar-refractivity contribution in [1.29, 1.82) is 5.26 Å². The van der Waals surface area contributed by atoms with Gasteiger partial charge in [0.25, 0.3) is 11.8 Å². The van der Waals surface area contributed by atoms with Crippen LogP contribution in [0.5, 0.6) is 5.75 Å². The zero-order chi connectivity index (χ0) is 21.2. The standard InChI is InChI=1S/C24H21N3O3/c25-16-19-10-4-7-13-22(19)30-17-23(28)27-21-12-6-5-11-20(21)24(29)26-15-14-18-8-2-1-3-9-18/h1-13H,14-15,17H2,(H,26,29)(H,27,28). The van der Waals surface area contributed by atoms with Crippen LogP contribution in [-0.2, 0) is 11.2 Å². The number of nitriles is 1. The first kappa shape index (κ1) is 20.6. The Morgan fingerprint density at radius 2 is 1.60 bits per heavy atom. The quantitative estimate of drug-likeness (QED) is 0.606. The molecule has 0 aliphatic carbocycles. The molecule has 3 aromatic carbocycles.